The number of aliphatic hydroxyl groups is 1. The zero-order valence-electron chi connectivity index (χ0n) is 11.1. The van der Waals surface area contributed by atoms with Gasteiger partial charge < -0.3 is 15.7 Å². The summed E-state index contributed by atoms with van der Waals surface area (Å²) in [4.78, 5) is 11.6. The summed E-state index contributed by atoms with van der Waals surface area (Å²) in [6.45, 7) is 0.762. The molecule has 2 atom stereocenters. The molecule has 1 aliphatic rings. The third-order valence-corrected chi connectivity index (χ3v) is 4.62. The molecule has 3 N–H and O–H groups in total. The fourth-order valence-corrected chi connectivity index (χ4v) is 3.27. The normalized spacial score (nSPS) is 19.6. The van der Waals surface area contributed by atoms with Gasteiger partial charge in [0.15, 0.2) is 0 Å². The molecule has 2 unspecified atom stereocenters. The van der Waals surface area contributed by atoms with E-state index in [0.717, 1.165) is 12.2 Å². The van der Waals surface area contributed by atoms with Crippen molar-refractivity contribution in [3.05, 3.63) is 35.6 Å². The maximum absolute atomic E-state index is 12.7. The van der Waals surface area contributed by atoms with Crippen molar-refractivity contribution in [3.63, 3.8) is 0 Å². The molecule has 1 aromatic carbocycles. The molecule has 1 heterocycles. The Morgan fingerprint density at radius 1 is 1.40 bits per heavy atom. The van der Waals surface area contributed by atoms with Gasteiger partial charge in [-0.3, -0.25) is 0 Å². The Bertz CT molecular complexity index is 435. The van der Waals surface area contributed by atoms with E-state index in [1.54, 1.807) is 0 Å². The average Bonchev–Trinajstić information content (AvgIpc) is 2.96. The van der Waals surface area contributed by atoms with Crippen molar-refractivity contribution >= 4 is 17.8 Å². The van der Waals surface area contributed by atoms with Gasteiger partial charge in [-0.05, 0) is 36.3 Å². The molecule has 0 bridgehead atoms. The van der Waals surface area contributed by atoms with Crippen molar-refractivity contribution in [2.75, 3.05) is 18.8 Å². The van der Waals surface area contributed by atoms with Crippen molar-refractivity contribution in [3.8, 4) is 0 Å². The van der Waals surface area contributed by atoms with E-state index < -0.39 is 6.10 Å². The van der Waals surface area contributed by atoms with Gasteiger partial charge in [-0.2, -0.15) is 11.8 Å². The highest BCUT2D eigenvalue weighted by Gasteiger charge is 2.16. The van der Waals surface area contributed by atoms with Crippen LogP contribution in [0.5, 0.6) is 0 Å². The van der Waals surface area contributed by atoms with Crippen molar-refractivity contribution < 1.29 is 14.3 Å². The first-order valence-electron chi connectivity index (χ1n) is 6.72. The van der Waals surface area contributed by atoms with Crippen LogP contribution >= 0.6 is 11.8 Å². The maximum Gasteiger partial charge on any atom is 0.314 e. The predicted octanol–water partition coefficient (Wildman–Crippen LogP) is 2.05. The Kier molecular flexibility index (Phi) is 5.67. The largest absolute Gasteiger partial charge is 0.387 e. The first kappa shape index (κ1) is 15.1. The zero-order chi connectivity index (χ0) is 14.4. The van der Waals surface area contributed by atoms with E-state index in [1.165, 1.54) is 30.7 Å². The number of halogens is 1. The second-order valence-corrected chi connectivity index (χ2v) is 6.20. The van der Waals surface area contributed by atoms with Crippen LogP contribution in [0.25, 0.3) is 0 Å². The minimum absolute atomic E-state index is 0.106. The first-order chi connectivity index (χ1) is 9.65. The van der Waals surface area contributed by atoms with E-state index in [4.69, 9.17) is 0 Å². The number of thioether (sulfide) groups is 1. The van der Waals surface area contributed by atoms with Crippen LogP contribution in [0.3, 0.4) is 0 Å². The maximum atomic E-state index is 12.7. The summed E-state index contributed by atoms with van der Waals surface area (Å²) < 4.78 is 12.7. The summed E-state index contributed by atoms with van der Waals surface area (Å²) in [7, 11) is 0. The Morgan fingerprint density at radius 3 is 2.80 bits per heavy atom. The molecule has 1 aliphatic heterocycles. The standard InChI is InChI=1S/C14H19FN2O2S/c15-11-5-3-10(4-6-11)13(18)9-17-14(19)16-8-12-2-1-7-20-12/h3-6,12-13,18H,1-2,7-9H2,(H2,16,17,19). The van der Waals surface area contributed by atoms with E-state index in [2.05, 4.69) is 10.6 Å². The number of urea groups is 1. The van der Waals surface area contributed by atoms with E-state index in [9.17, 15) is 14.3 Å². The van der Waals surface area contributed by atoms with Crippen molar-refractivity contribution in [2.24, 2.45) is 0 Å². The third kappa shape index (κ3) is 4.68. The lowest BCUT2D eigenvalue weighted by molar-refractivity contribution is 0.173. The summed E-state index contributed by atoms with van der Waals surface area (Å²) in [6.07, 6.45) is 1.52. The average molecular weight is 298 g/mol. The monoisotopic (exact) mass is 298 g/mol. The summed E-state index contributed by atoms with van der Waals surface area (Å²) in [5.41, 5.74) is 0.582. The molecule has 0 saturated carbocycles. The molecule has 1 fully saturated rings. The quantitative estimate of drug-likeness (QED) is 0.780. The Balaban J connectivity index is 1.68. The number of hydrogen-bond donors (Lipinski definition) is 3. The summed E-state index contributed by atoms with van der Waals surface area (Å²) in [5, 5.41) is 15.8. The van der Waals surface area contributed by atoms with Gasteiger partial charge in [0.05, 0.1) is 6.10 Å². The molecule has 110 valence electrons. The van der Waals surface area contributed by atoms with Crippen LogP contribution in [0.15, 0.2) is 24.3 Å². The van der Waals surface area contributed by atoms with Gasteiger partial charge >= 0.3 is 6.03 Å². The molecular formula is C14H19FN2O2S. The molecule has 0 radical (unpaired) electrons. The number of amides is 2. The van der Waals surface area contributed by atoms with Crippen LogP contribution in [0, 0.1) is 5.82 Å². The number of benzene rings is 1. The van der Waals surface area contributed by atoms with Crippen molar-refractivity contribution in [2.45, 2.75) is 24.2 Å². The fourth-order valence-electron chi connectivity index (χ4n) is 2.07. The van der Waals surface area contributed by atoms with E-state index >= 15 is 0 Å². The third-order valence-electron chi connectivity index (χ3n) is 3.23. The van der Waals surface area contributed by atoms with Crippen LogP contribution in [-0.2, 0) is 0 Å². The Hall–Kier alpha value is -1.27. The van der Waals surface area contributed by atoms with Gasteiger partial charge in [0.25, 0.3) is 0 Å². The van der Waals surface area contributed by atoms with Crippen LogP contribution in [0.4, 0.5) is 9.18 Å². The minimum atomic E-state index is -0.831. The van der Waals surface area contributed by atoms with Gasteiger partial charge in [0.2, 0.25) is 0 Å². The summed E-state index contributed by atoms with van der Waals surface area (Å²) >= 11 is 1.88. The molecule has 1 saturated heterocycles. The molecule has 2 rings (SSSR count). The number of aliphatic hydroxyl groups excluding tert-OH is 1. The lowest BCUT2D eigenvalue weighted by Crippen LogP contribution is -2.40. The van der Waals surface area contributed by atoms with Crippen LogP contribution in [-0.4, -0.2) is 35.2 Å². The lowest BCUT2D eigenvalue weighted by atomic mass is 10.1. The van der Waals surface area contributed by atoms with Gasteiger partial charge in [0.1, 0.15) is 5.82 Å². The summed E-state index contributed by atoms with van der Waals surface area (Å²) in [5.74, 6) is 0.817. The highest BCUT2D eigenvalue weighted by Crippen LogP contribution is 2.25. The van der Waals surface area contributed by atoms with Crippen molar-refractivity contribution in [1.29, 1.82) is 0 Å². The van der Waals surface area contributed by atoms with E-state index in [-0.39, 0.29) is 18.4 Å². The van der Waals surface area contributed by atoms with E-state index in [0.29, 0.717) is 17.4 Å². The number of rotatable bonds is 5. The van der Waals surface area contributed by atoms with Gasteiger partial charge in [0, 0.05) is 18.3 Å². The van der Waals surface area contributed by atoms with Gasteiger partial charge in [-0.25, -0.2) is 9.18 Å². The minimum Gasteiger partial charge on any atom is -0.387 e. The second kappa shape index (κ2) is 7.50. The van der Waals surface area contributed by atoms with Crippen molar-refractivity contribution in [1.82, 2.24) is 10.6 Å². The molecular weight excluding hydrogens is 279 g/mol. The molecule has 0 spiro atoms. The van der Waals surface area contributed by atoms with Crippen LogP contribution in [0.2, 0.25) is 0 Å². The lowest BCUT2D eigenvalue weighted by Gasteiger charge is -2.14. The highest BCUT2D eigenvalue weighted by atomic mass is 32.2. The number of carbonyl (C=O) groups is 1. The van der Waals surface area contributed by atoms with E-state index in [1.807, 2.05) is 11.8 Å². The molecule has 20 heavy (non-hydrogen) atoms. The molecule has 2 amide bonds. The Morgan fingerprint density at radius 2 is 2.15 bits per heavy atom. The fraction of sp³-hybridized carbons (Fsp3) is 0.500. The first-order valence-corrected chi connectivity index (χ1v) is 7.77. The zero-order valence-corrected chi connectivity index (χ0v) is 12.0. The smallest absolute Gasteiger partial charge is 0.314 e. The molecule has 1 aromatic rings. The van der Waals surface area contributed by atoms with Crippen LogP contribution < -0.4 is 10.6 Å². The molecule has 0 aliphatic carbocycles. The van der Waals surface area contributed by atoms with Gasteiger partial charge in [-0.15, -0.1) is 0 Å². The second-order valence-electron chi connectivity index (χ2n) is 4.79. The molecule has 0 aromatic heterocycles. The number of nitrogens with one attached hydrogen (secondary N) is 2. The van der Waals surface area contributed by atoms with Gasteiger partial charge in [-0.1, -0.05) is 12.1 Å². The topological polar surface area (TPSA) is 61.4 Å². The highest BCUT2D eigenvalue weighted by molar-refractivity contribution is 8.00. The predicted molar refractivity (Wildman–Crippen MR) is 78.2 cm³/mol. The molecule has 6 heteroatoms. The Labute approximate surface area is 122 Å². The SMILES string of the molecule is O=C(NCC1CCCS1)NCC(O)c1ccc(F)cc1. The number of hydrogen-bond acceptors (Lipinski definition) is 3. The molecule has 4 nitrogen and oxygen atoms in total. The summed E-state index contributed by atoms with van der Waals surface area (Å²) in [6, 6.07) is 5.31. The number of carbonyl (C=O) groups excluding carboxylic acids is 1. The van der Waals surface area contributed by atoms with Crippen LogP contribution in [0.1, 0.15) is 24.5 Å².